The molecule has 2 N–H and O–H groups in total. The number of rotatable bonds is 10. The predicted octanol–water partition coefficient (Wildman–Crippen LogP) is 6.02. The molecule has 2 aromatic carbocycles. The lowest BCUT2D eigenvalue weighted by Gasteiger charge is -2.20. The molecule has 0 aromatic heterocycles. The second-order valence-electron chi connectivity index (χ2n) is 7.47. The maximum Gasteiger partial charge on any atom is 0.185 e. The first-order valence-electron chi connectivity index (χ1n) is 10.5. The van der Waals surface area contributed by atoms with Crippen molar-refractivity contribution in [1.82, 2.24) is 0 Å². The Hall–Kier alpha value is -2.75. The van der Waals surface area contributed by atoms with E-state index >= 15 is 0 Å². The number of benzene rings is 2. The molecule has 4 nitrogen and oxygen atoms in total. The Labute approximate surface area is 174 Å². The van der Waals surface area contributed by atoms with Crippen LogP contribution >= 0.6 is 0 Å². The molecule has 29 heavy (non-hydrogen) atoms. The Morgan fingerprint density at radius 1 is 1.14 bits per heavy atom. The largest absolute Gasteiger partial charge is 0.507 e. The number of hydrogen-bond acceptors (Lipinski definition) is 4. The Morgan fingerprint density at radius 3 is 2.34 bits per heavy atom. The van der Waals surface area contributed by atoms with Crippen LogP contribution < -0.4 is 10.1 Å². The van der Waals surface area contributed by atoms with Crippen LogP contribution in [0.25, 0.3) is 6.08 Å². The van der Waals surface area contributed by atoms with E-state index in [2.05, 4.69) is 19.2 Å². The monoisotopic (exact) mass is 395 g/mol. The van der Waals surface area contributed by atoms with Crippen LogP contribution in [0.3, 0.4) is 0 Å². The van der Waals surface area contributed by atoms with Crippen LogP contribution in [0.15, 0.2) is 36.4 Å². The highest BCUT2D eigenvalue weighted by Crippen LogP contribution is 2.38. The van der Waals surface area contributed by atoms with E-state index in [1.165, 1.54) is 0 Å². The molecule has 0 aliphatic heterocycles. The van der Waals surface area contributed by atoms with Gasteiger partial charge in [-0.05, 0) is 74.7 Å². The second-order valence-corrected chi connectivity index (χ2v) is 7.47. The van der Waals surface area contributed by atoms with Gasteiger partial charge in [0, 0.05) is 29.4 Å². The summed E-state index contributed by atoms with van der Waals surface area (Å²) in [6.45, 7) is 8.10. The molecule has 0 bridgehead atoms. The zero-order chi connectivity index (χ0) is 21.4. The molecule has 0 saturated heterocycles. The van der Waals surface area contributed by atoms with Gasteiger partial charge in [0.1, 0.15) is 11.5 Å². The quantitative estimate of drug-likeness (QED) is 0.381. The number of carbonyl (C=O) groups is 1. The Balaban J connectivity index is 2.46. The lowest BCUT2D eigenvalue weighted by atomic mass is 9.96. The van der Waals surface area contributed by atoms with Crippen LogP contribution in [0.2, 0.25) is 0 Å². The van der Waals surface area contributed by atoms with Gasteiger partial charge >= 0.3 is 0 Å². The third kappa shape index (κ3) is 5.86. The number of phenolic OH excluding ortho intramolecular Hbond substituents is 1. The number of ether oxygens (including phenoxy) is 1. The SMILES string of the molecule is CCCc1cc(/C=C/C(=O)c2ccc(NC)cc2)c(OC(C)C)c(CCC)c1O. The molecular formula is C25H33NO3. The lowest BCUT2D eigenvalue weighted by Crippen LogP contribution is -2.10. The summed E-state index contributed by atoms with van der Waals surface area (Å²) in [7, 11) is 1.85. The maximum absolute atomic E-state index is 12.6. The Kier molecular flexibility index (Phi) is 8.32. The van der Waals surface area contributed by atoms with Crippen LogP contribution in [0, 0.1) is 0 Å². The van der Waals surface area contributed by atoms with E-state index in [-0.39, 0.29) is 11.9 Å². The highest BCUT2D eigenvalue weighted by molar-refractivity contribution is 6.07. The van der Waals surface area contributed by atoms with Crippen LogP contribution in [-0.4, -0.2) is 24.0 Å². The van der Waals surface area contributed by atoms with Crippen molar-refractivity contribution in [2.45, 2.75) is 59.5 Å². The van der Waals surface area contributed by atoms with Gasteiger partial charge in [0.05, 0.1) is 6.10 Å². The summed E-state index contributed by atoms with van der Waals surface area (Å²) in [5.74, 6) is 0.939. The van der Waals surface area contributed by atoms with E-state index in [0.717, 1.165) is 48.1 Å². The predicted molar refractivity (Wildman–Crippen MR) is 121 cm³/mol. The van der Waals surface area contributed by atoms with E-state index in [1.807, 2.05) is 57.3 Å². The Bertz CT molecular complexity index is 851. The van der Waals surface area contributed by atoms with Crippen LogP contribution in [0.4, 0.5) is 5.69 Å². The van der Waals surface area contributed by atoms with Gasteiger partial charge in [0.15, 0.2) is 5.78 Å². The summed E-state index contributed by atoms with van der Waals surface area (Å²) >= 11 is 0. The molecule has 0 fully saturated rings. The summed E-state index contributed by atoms with van der Waals surface area (Å²) in [6, 6.07) is 9.34. The third-order valence-electron chi connectivity index (χ3n) is 4.70. The second kappa shape index (κ2) is 10.7. The van der Waals surface area contributed by atoms with E-state index in [0.29, 0.717) is 17.1 Å². The number of phenols is 1. The van der Waals surface area contributed by atoms with Crippen molar-refractivity contribution in [1.29, 1.82) is 0 Å². The standard InChI is InChI=1S/C25H33NO3/c1-6-8-19-16-20(25(29-17(3)4)22(9-7-2)24(19)28)12-15-23(27)18-10-13-21(26-5)14-11-18/h10-17,26,28H,6-9H2,1-5H3/b15-12+. The lowest BCUT2D eigenvalue weighted by molar-refractivity contribution is 0.104. The van der Waals surface area contributed by atoms with Crippen molar-refractivity contribution in [2.75, 3.05) is 12.4 Å². The number of aryl methyl sites for hydroxylation is 1. The van der Waals surface area contributed by atoms with E-state index in [1.54, 1.807) is 6.08 Å². The van der Waals surface area contributed by atoms with Crippen LogP contribution in [0.5, 0.6) is 11.5 Å². The van der Waals surface area contributed by atoms with Crippen molar-refractivity contribution in [2.24, 2.45) is 0 Å². The number of aromatic hydroxyl groups is 1. The molecule has 0 amide bonds. The van der Waals surface area contributed by atoms with Gasteiger partial charge in [-0.2, -0.15) is 0 Å². The molecule has 2 aromatic rings. The third-order valence-corrected chi connectivity index (χ3v) is 4.70. The summed E-state index contributed by atoms with van der Waals surface area (Å²) in [6.07, 6.45) is 6.71. The molecule has 2 rings (SSSR count). The number of anilines is 1. The van der Waals surface area contributed by atoms with Crippen molar-refractivity contribution in [3.05, 3.63) is 58.7 Å². The normalized spacial score (nSPS) is 11.2. The summed E-state index contributed by atoms with van der Waals surface area (Å²) < 4.78 is 6.08. The van der Waals surface area contributed by atoms with Gasteiger partial charge in [-0.15, -0.1) is 0 Å². The molecule has 156 valence electrons. The van der Waals surface area contributed by atoms with E-state index in [4.69, 9.17) is 4.74 Å². The zero-order valence-electron chi connectivity index (χ0n) is 18.2. The van der Waals surface area contributed by atoms with Gasteiger partial charge < -0.3 is 15.2 Å². The van der Waals surface area contributed by atoms with Gasteiger partial charge in [-0.1, -0.05) is 26.7 Å². The molecule has 0 spiro atoms. The minimum Gasteiger partial charge on any atom is -0.507 e. The van der Waals surface area contributed by atoms with Gasteiger partial charge in [-0.25, -0.2) is 0 Å². The van der Waals surface area contributed by atoms with Crippen molar-refractivity contribution in [3.8, 4) is 11.5 Å². The number of ketones is 1. The van der Waals surface area contributed by atoms with Crippen LogP contribution in [-0.2, 0) is 12.8 Å². The Morgan fingerprint density at radius 2 is 1.79 bits per heavy atom. The highest BCUT2D eigenvalue weighted by Gasteiger charge is 2.18. The highest BCUT2D eigenvalue weighted by atomic mass is 16.5. The molecule has 0 radical (unpaired) electrons. The smallest absolute Gasteiger partial charge is 0.185 e. The van der Waals surface area contributed by atoms with Crippen molar-refractivity contribution >= 4 is 17.5 Å². The maximum atomic E-state index is 12.6. The molecule has 0 aliphatic carbocycles. The summed E-state index contributed by atoms with van der Waals surface area (Å²) in [5, 5.41) is 13.8. The van der Waals surface area contributed by atoms with Gasteiger partial charge in [-0.3, -0.25) is 4.79 Å². The summed E-state index contributed by atoms with van der Waals surface area (Å²) in [5.41, 5.74) is 4.16. The molecule has 0 unspecified atom stereocenters. The fourth-order valence-electron chi connectivity index (χ4n) is 3.30. The minimum absolute atomic E-state index is 0.0287. The molecule has 4 heteroatoms. The molecular weight excluding hydrogens is 362 g/mol. The molecule has 0 heterocycles. The molecule has 0 aliphatic rings. The number of hydrogen-bond donors (Lipinski definition) is 2. The number of allylic oxidation sites excluding steroid dienone is 1. The van der Waals surface area contributed by atoms with E-state index in [9.17, 15) is 9.90 Å². The van der Waals surface area contributed by atoms with Crippen molar-refractivity contribution in [3.63, 3.8) is 0 Å². The first-order valence-corrected chi connectivity index (χ1v) is 10.5. The first kappa shape index (κ1) is 22.5. The summed E-state index contributed by atoms with van der Waals surface area (Å²) in [4.78, 5) is 12.6. The molecule has 0 saturated carbocycles. The first-order chi connectivity index (χ1) is 13.9. The average molecular weight is 396 g/mol. The topological polar surface area (TPSA) is 58.6 Å². The van der Waals surface area contributed by atoms with Crippen LogP contribution in [0.1, 0.15) is 67.6 Å². The fraction of sp³-hybridized carbons (Fsp3) is 0.400. The zero-order valence-corrected chi connectivity index (χ0v) is 18.2. The van der Waals surface area contributed by atoms with E-state index < -0.39 is 0 Å². The van der Waals surface area contributed by atoms with Gasteiger partial charge in [0.25, 0.3) is 0 Å². The minimum atomic E-state index is -0.0645. The number of carbonyl (C=O) groups excluding carboxylic acids is 1. The van der Waals surface area contributed by atoms with Gasteiger partial charge in [0.2, 0.25) is 0 Å². The molecule has 0 atom stereocenters. The fourth-order valence-corrected chi connectivity index (χ4v) is 3.30. The average Bonchev–Trinajstić information content (AvgIpc) is 2.71. The number of nitrogens with one attached hydrogen (secondary N) is 1. The van der Waals surface area contributed by atoms with Crippen molar-refractivity contribution < 1.29 is 14.6 Å².